The molecule has 0 fully saturated rings. The van der Waals surface area contributed by atoms with E-state index in [9.17, 15) is 31.8 Å². The van der Waals surface area contributed by atoms with Gasteiger partial charge in [0.2, 0.25) is 0 Å². The lowest BCUT2D eigenvalue weighted by atomic mass is 9.98. The second-order valence-electron chi connectivity index (χ2n) is 5.69. The quantitative estimate of drug-likeness (QED) is 0.451. The van der Waals surface area contributed by atoms with E-state index in [0.717, 1.165) is 17.7 Å². The molecular weight excluding hydrogens is 407 g/mol. The molecule has 6 nitrogen and oxygen atoms in total. The van der Waals surface area contributed by atoms with Crippen LogP contribution in [0, 0.1) is 0 Å². The van der Waals surface area contributed by atoms with Crippen molar-refractivity contribution in [1.82, 2.24) is 5.32 Å². The number of nitrogens with one attached hydrogen (secondary N) is 1. The number of benzene rings is 2. The van der Waals surface area contributed by atoms with Gasteiger partial charge in [-0.1, -0.05) is 36.4 Å². The van der Waals surface area contributed by atoms with Gasteiger partial charge in [-0.05, 0) is 29.8 Å². The highest BCUT2D eigenvalue weighted by Gasteiger charge is 2.48. The second kappa shape index (κ2) is 6.99. The van der Waals surface area contributed by atoms with E-state index in [1.54, 1.807) is 30.3 Å². The third-order valence-electron chi connectivity index (χ3n) is 3.71. The van der Waals surface area contributed by atoms with E-state index in [0.29, 0.717) is 17.3 Å². The Labute approximate surface area is 157 Å². The summed E-state index contributed by atoms with van der Waals surface area (Å²) in [4.78, 5) is 0.0497. The molecular formula is C16H12F3NO5S2-2. The molecule has 1 unspecified atom stereocenters. The van der Waals surface area contributed by atoms with Gasteiger partial charge < -0.3 is 19.7 Å². The Morgan fingerprint density at radius 3 is 2.44 bits per heavy atom. The van der Waals surface area contributed by atoms with Crippen molar-refractivity contribution in [3.63, 3.8) is 0 Å². The smallest absolute Gasteiger partial charge is 0.534 e. The molecule has 0 radical (unpaired) electrons. The van der Waals surface area contributed by atoms with E-state index < -0.39 is 39.1 Å². The molecule has 146 valence electrons. The molecule has 0 aromatic heterocycles. The molecule has 0 spiro atoms. The monoisotopic (exact) mass is 419 g/mol. The first kappa shape index (κ1) is 20.0. The van der Waals surface area contributed by atoms with Gasteiger partial charge in [-0.25, -0.2) is 0 Å². The first-order valence-corrected chi connectivity index (χ1v) is 9.74. The molecule has 1 aliphatic rings. The maximum Gasteiger partial charge on any atom is 0.534 e. The Hall–Kier alpha value is -1.79. The zero-order chi connectivity index (χ0) is 19.9. The summed E-state index contributed by atoms with van der Waals surface area (Å²) in [7, 11) is -5.86. The normalized spacial score (nSPS) is 19.8. The summed E-state index contributed by atoms with van der Waals surface area (Å²) in [5.41, 5.74) is -4.41. The van der Waals surface area contributed by atoms with E-state index in [2.05, 4.69) is 9.50 Å². The van der Waals surface area contributed by atoms with E-state index >= 15 is 0 Å². The molecule has 11 heteroatoms. The third kappa shape index (κ3) is 4.38. The number of fused-ring (bicyclic) bond motifs is 1. The number of halogens is 3. The Morgan fingerprint density at radius 1 is 1.15 bits per heavy atom. The third-order valence-corrected chi connectivity index (χ3v) is 5.71. The van der Waals surface area contributed by atoms with E-state index in [1.165, 1.54) is 6.07 Å². The summed E-state index contributed by atoms with van der Waals surface area (Å²) in [6, 6.07) is 11.6. The minimum Gasteiger partial charge on any atom is -0.854 e. The van der Waals surface area contributed by atoms with E-state index in [1.807, 2.05) is 0 Å². The maximum atomic E-state index is 12.5. The molecule has 0 aliphatic carbocycles. The topological polar surface area (TPSA) is 102 Å². The minimum atomic E-state index is -5.86. The highest BCUT2D eigenvalue weighted by atomic mass is 32.2. The molecule has 0 amide bonds. The van der Waals surface area contributed by atoms with Crippen LogP contribution < -0.4 is 19.7 Å². The number of hydrogen-bond donors (Lipinski definition) is 1. The zero-order valence-corrected chi connectivity index (χ0v) is 15.0. The SMILES string of the molecule is O=S(=O)(Oc1ccc2c(c1)SC([O-])([O-])CNC2c1ccccc1)C(F)(F)F. The van der Waals surface area contributed by atoms with Crippen LogP contribution in [0.4, 0.5) is 13.2 Å². The van der Waals surface area contributed by atoms with Crippen molar-refractivity contribution < 1.29 is 36.0 Å². The molecule has 1 N–H and O–H groups in total. The molecule has 0 saturated carbocycles. The number of thioether (sulfide) groups is 1. The van der Waals surface area contributed by atoms with Crippen molar-refractivity contribution in [2.75, 3.05) is 6.54 Å². The van der Waals surface area contributed by atoms with Crippen molar-refractivity contribution in [1.29, 1.82) is 0 Å². The predicted molar refractivity (Wildman–Crippen MR) is 86.9 cm³/mol. The largest absolute Gasteiger partial charge is 0.854 e. The second-order valence-corrected chi connectivity index (χ2v) is 8.50. The summed E-state index contributed by atoms with van der Waals surface area (Å²) in [5, 5.41) is 24.2. The summed E-state index contributed by atoms with van der Waals surface area (Å²) >= 11 is 0.351. The molecule has 1 atom stereocenters. The van der Waals surface area contributed by atoms with Gasteiger partial charge >= 0.3 is 15.6 Å². The maximum absolute atomic E-state index is 12.5. The summed E-state index contributed by atoms with van der Waals surface area (Å²) in [6.45, 7) is -0.455. The van der Waals surface area contributed by atoms with Crippen molar-refractivity contribution in [3.8, 4) is 5.75 Å². The average Bonchev–Trinajstić information content (AvgIpc) is 2.68. The number of hydrogen-bond acceptors (Lipinski definition) is 7. The van der Waals surface area contributed by atoms with E-state index in [-0.39, 0.29) is 4.90 Å². The van der Waals surface area contributed by atoms with Crippen LogP contribution in [0.2, 0.25) is 0 Å². The lowest BCUT2D eigenvalue weighted by Crippen LogP contribution is -2.58. The van der Waals surface area contributed by atoms with Crippen LogP contribution in [0.5, 0.6) is 5.75 Å². The molecule has 1 heterocycles. The Kier molecular flexibility index (Phi) is 5.16. The Morgan fingerprint density at radius 2 is 1.81 bits per heavy atom. The highest BCUT2D eigenvalue weighted by Crippen LogP contribution is 2.40. The van der Waals surface area contributed by atoms with Crippen molar-refractivity contribution in [2.24, 2.45) is 0 Å². The van der Waals surface area contributed by atoms with Gasteiger partial charge in [-0.2, -0.15) is 33.4 Å². The Balaban J connectivity index is 2.03. The first-order valence-electron chi connectivity index (χ1n) is 7.51. The predicted octanol–water partition coefficient (Wildman–Crippen LogP) is 1.07. The zero-order valence-electron chi connectivity index (χ0n) is 13.4. The lowest BCUT2D eigenvalue weighted by molar-refractivity contribution is -0.676. The van der Waals surface area contributed by atoms with Gasteiger partial charge in [0.05, 0.1) is 6.04 Å². The van der Waals surface area contributed by atoms with Crippen LogP contribution >= 0.6 is 11.8 Å². The van der Waals surface area contributed by atoms with Crippen molar-refractivity contribution in [3.05, 3.63) is 59.7 Å². The van der Waals surface area contributed by atoms with Gasteiger partial charge in [0, 0.05) is 4.90 Å². The fourth-order valence-electron chi connectivity index (χ4n) is 2.55. The molecule has 1 aliphatic heterocycles. The van der Waals surface area contributed by atoms with Gasteiger partial charge in [0.25, 0.3) is 0 Å². The van der Waals surface area contributed by atoms with Gasteiger partial charge in [0.15, 0.2) is 0 Å². The van der Waals surface area contributed by atoms with Crippen LogP contribution in [0.1, 0.15) is 17.2 Å². The van der Waals surface area contributed by atoms with Crippen molar-refractivity contribution in [2.45, 2.75) is 21.6 Å². The average molecular weight is 419 g/mol. The fourth-order valence-corrected chi connectivity index (χ4v) is 3.97. The molecule has 2 aromatic rings. The minimum absolute atomic E-state index is 0.0497. The Bertz CT molecular complexity index is 933. The standard InChI is InChI=1S/C16H12F3NO5S2/c17-16(18,19)27(23,24)25-11-6-7-12-13(8-11)26-15(21,22)9-20-14(12)10-4-2-1-3-5-10/h1-8,14,20H,9H2/q-2. The van der Waals surface area contributed by atoms with Crippen molar-refractivity contribution >= 4 is 21.9 Å². The van der Waals surface area contributed by atoms with Gasteiger partial charge in [-0.3, -0.25) is 0 Å². The molecule has 0 bridgehead atoms. The summed E-state index contributed by atoms with van der Waals surface area (Å²) < 4.78 is 64.0. The van der Waals surface area contributed by atoms with Crippen LogP contribution in [0.3, 0.4) is 0 Å². The van der Waals surface area contributed by atoms with Crippen LogP contribution in [0.15, 0.2) is 53.4 Å². The number of rotatable bonds is 3. The summed E-state index contributed by atoms with van der Waals surface area (Å²) in [5.74, 6) is -0.636. The van der Waals surface area contributed by atoms with Crippen LogP contribution in [0.25, 0.3) is 0 Å². The molecule has 2 aromatic carbocycles. The van der Waals surface area contributed by atoms with E-state index in [4.69, 9.17) is 0 Å². The van der Waals surface area contributed by atoms with Gasteiger partial charge in [-0.15, -0.1) is 5.12 Å². The fraction of sp³-hybridized carbons (Fsp3) is 0.250. The molecule has 27 heavy (non-hydrogen) atoms. The first-order chi connectivity index (χ1) is 12.5. The van der Waals surface area contributed by atoms with Crippen LogP contribution in [-0.2, 0) is 10.1 Å². The number of alkyl halides is 3. The molecule has 3 rings (SSSR count). The van der Waals surface area contributed by atoms with Crippen LogP contribution in [-0.4, -0.2) is 25.6 Å². The van der Waals surface area contributed by atoms with Gasteiger partial charge in [0.1, 0.15) is 5.75 Å². The highest BCUT2D eigenvalue weighted by molar-refractivity contribution is 8.00. The lowest BCUT2D eigenvalue weighted by Gasteiger charge is -2.46. The molecule has 0 saturated heterocycles. The summed E-state index contributed by atoms with van der Waals surface area (Å²) in [6.07, 6.45) is 0.